The van der Waals surface area contributed by atoms with Gasteiger partial charge in [0.2, 0.25) is 0 Å². The first-order valence-corrected chi connectivity index (χ1v) is 4.45. The predicted molar refractivity (Wildman–Crippen MR) is 56.7 cm³/mol. The third-order valence-corrected chi connectivity index (χ3v) is 1.85. The fraction of sp³-hybridized carbons (Fsp3) is 0.300. The summed E-state index contributed by atoms with van der Waals surface area (Å²) in [4.78, 5) is 11.5. The first kappa shape index (κ1) is 11.5. The van der Waals surface area contributed by atoms with Crippen molar-refractivity contribution in [1.29, 1.82) is 0 Å². The van der Waals surface area contributed by atoms with Crippen LogP contribution in [-0.2, 0) is 0 Å². The standard InChI is InChI=1S/C10H14FN3O/c1-6-4-7(12)5-8(9(6)11)10(15)13-14(2)3/h4-5H,12H2,1-3H3,(H,13,15). The molecule has 0 aliphatic carbocycles. The van der Waals surface area contributed by atoms with Crippen molar-refractivity contribution in [3.05, 3.63) is 29.1 Å². The van der Waals surface area contributed by atoms with Crippen molar-refractivity contribution in [2.45, 2.75) is 6.92 Å². The molecule has 0 spiro atoms. The summed E-state index contributed by atoms with van der Waals surface area (Å²) in [6, 6.07) is 2.81. The zero-order chi connectivity index (χ0) is 11.6. The van der Waals surface area contributed by atoms with Gasteiger partial charge >= 0.3 is 0 Å². The van der Waals surface area contributed by atoms with E-state index in [0.717, 1.165) is 0 Å². The van der Waals surface area contributed by atoms with Crippen LogP contribution < -0.4 is 11.2 Å². The number of rotatable bonds is 2. The highest BCUT2D eigenvalue weighted by Crippen LogP contribution is 2.16. The summed E-state index contributed by atoms with van der Waals surface area (Å²) >= 11 is 0. The second-order valence-electron chi connectivity index (χ2n) is 3.53. The van der Waals surface area contributed by atoms with Crippen LogP contribution in [0.5, 0.6) is 0 Å². The summed E-state index contributed by atoms with van der Waals surface area (Å²) in [6.45, 7) is 1.57. The molecule has 0 radical (unpaired) electrons. The average molecular weight is 211 g/mol. The Labute approximate surface area is 87.8 Å². The largest absolute Gasteiger partial charge is 0.399 e. The highest BCUT2D eigenvalue weighted by atomic mass is 19.1. The normalized spacial score (nSPS) is 10.5. The quantitative estimate of drug-likeness (QED) is 0.565. The maximum Gasteiger partial charge on any atom is 0.268 e. The van der Waals surface area contributed by atoms with Crippen LogP contribution in [0.15, 0.2) is 12.1 Å². The molecule has 15 heavy (non-hydrogen) atoms. The number of halogens is 1. The second kappa shape index (κ2) is 4.27. The molecule has 5 heteroatoms. The summed E-state index contributed by atoms with van der Waals surface area (Å²) < 4.78 is 13.5. The molecule has 0 saturated carbocycles. The Hall–Kier alpha value is -1.62. The summed E-state index contributed by atoms with van der Waals surface area (Å²) in [5.41, 5.74) is 8.68. The van der Waals surface area contributed by atoms with Gasteiger partial charge in [-0.15, -0.1) is 0 Å². The number of anilines is 1. The van der Waals surface area contributed by atoms with Crippen molar-refractivity contribution in [3.8, 4) is 0 Å². The van der Waals surface area contributed by atoms with Gasteiger partial charge in [-0.3, -0.25) is 10.2 Å². The average Bonchev–Trinajstić information content (AvgIpc) is 2.09. The number of hydrogen-bond acceptors (Lipinski definition) is 3. The number of hydrazine groups is 1. The molecule has 0 aromatic heterocycles. The molecular formula is C10H14FN3O. The summed E-state index contributed by atoms with van der Waals surface area (Å²) in [5, 5.41) is 1.44. The number of nitrogens with zero attached hydrogens (tertiary/aromatic N) is 1. The van der Waals surface area contributed by atoms with E-state index in [1.807, 2.05) is 0 Å². The highest BCUT2D eigenvalue weighted by Gasteiger charge is 2.14. The molecule has 3 N–H and O–H groups in total. The molecule has 1 amide bonds. The van der Waals surface area contributed by atoms with Crippen LogP contribution in [0.1, 0.15) is 15.9 Å². The number of carbonyl (C=O) groups is 1. The van der Waals surface area contributed by atoms with Crippen LogP contribution in [0.2, 0.25) is 0 Å². The molecule has 0 heterocycles. The Morgan fingerprint density at radius 2 is 2.07 bits per heavy atom. The minimum Gasteiger partial charge on any atom is -0.399 e. The number of carbonyl (C=O) groups excluding carboxylic acids is 1. The lowest BCUT2D eigenvalue weighted by molar-refractivity contribution is 0.0852. The zero-order valence-corrected chi connectivity index (χ0v) is 8.97. The molecule has 82 valence electrons. The number of amides is 1. The molecule has 4 nitrogen and oxygen atoms in total. The maximum absolute atomic E-state index is 13.5. The highest BCUT2D eigenvalue weighted by molar-refractivity contribution is 5.95. The molecule has 1 rings (SSSR count). The van der Waals surface area contributed by atoms with Gasteiger partial charge in [-0.1, -0.05) is 0 Å². The van der Waals surface area contributed by atoms with E-state index in [0.29, 0.717) is 11.3 Å². The smallest absolute Gasteiger partial charge is 0.268 e. The van der Waals surface area contributed by atoms with Gasteiger partial charge in [0.25, 0.3) is 5.91 Å². The van der Waals surface area contributed by atoms with Crippen LogP contribution in [0.25, 0.3) is 0 Å². The van der Waals surface area contributed by atoms with Gasteiger partial charge in [0.1, 0.15) is 5.82 Å². The molecule has 1 aromatic rings. The lowest BCUT2D eigenvalue weighted by Gasteiger charge is -2.13. The van der Waals surface area contributed by atoms with Gasteiger partial charge in [0, 0.05) is 19.8 Å². The Morgan fingerprint density at radius 1 is 1.47 bits per heavy atom. The van der Waals surface area contributed by atoms with Gasteiger partial charge in [0.15, 0.2) is 0 Å². The number of nitrogens with two attached hydrogens (primary N) is 1. The molecule has 0 unspecified atom stereocenters. The van der Waals surface area contributed by atoms with E-state index < -0.39 is 11.7 Å². The van der Waals surface area contributed by atoms with E-state index in [2.05, 4.69) is 5.43 Å². The topological polar surface area (TPSA) is 58.4 Å². The molecule has 0 aliphatic heterocycles. The van der Waals surface area contributed by atoms with Crippen molar-refractivity contribution in [3.63, 3.8) is 0 Å². The lowest BCUT2D eigenvalue weighted by Crippen LogP contribution is -2.36. The van der Waals surface area contributed by atoms with Crippen molar-refractivity contribution in [1.82, 2.24) is 10.4 Å². The van der Waals surface area contributed by atoms with Gasteiger partial charge in [-0.25, -0.2) is 9.40 Å². The SMILES string of the molecule is Cc1cc(N)cc(C(=O)NN(C)C)c1F. The Balaban J connectivity index is 3.08. The zero-order valence-electron chi connectivity index (χ0n) is 8.97. The lowest BCUT2D eigenvalue weighted by atomic mass is 10.1. The minimum atomic E-state index is -0.538. The van der Waals surface area contributed by atoms with E-state index in [9.17, 15) is 9.18 Å². The molecular weight excluding hydrogens is 197 g/mol. The second-order valence-corrected chi connectivity index (χ2v) is 3.53. The third kappa shape index (κ3) is 2.66. The molecule has 0 atom stereocenters. The molecule has 0 fully saturated rings. The van der Waals surface area contributed by atoms with Crippen molar-refractivity contribution in [2.75, 3.05) is 19.8 Å². The molecule has 0 saturated heterocycles. The Morgan fingerprint density at radius 3 is 2.60 bits per heavy atom. The first-order valence-electron chi connectivity index (χ1n) is 4.45. The minimum absolute atomic E-state index is 0.0406. The monoisotopic (exact) mass is 211 g/mol. The van der Waals surface area contributed by atoms with Crippen LogP contribution in [0.3, 0.4) is 0 Å². The first-order chi connectivity index (χ1) is 6.91. The number of aryl methyl sites for hydroxylation is 1. The van der Waals surface area contributed by atoms with Crippen LogP contribution in [0.4, 0.5) is 10.1 Å². The number of hydrogen-bond donors (Lipinski definition) is 2. The van der Waals surface area contributed by atoms with Gasteiger partial charge < -0.3 is 5.73 Å². The fourth-order valence-electron chi connectivity index (χ4n) is 1.23. The Bertz CT molecular complexity index is 390. The van der Waals surface area contributed by atoms with E-state index in [1.54, 1.807) is 21.0 Å². The van der Waals surface area contributed by atoms with E-state index in [-0.39, 0.29) is 5.56 Å². The number of nitrogens with one attached hydrogen (secondary N) is 1. The third-order valence-electron chi connectivity index (χ3n) is 1.85. The maximum atomic E-state index is 13.5. The Kier molecular flexibility index (Phi) is 3.26. The van der Waals surface area contributed by atoms with Gasteiger partial charge in [-0.2, -0.15) is 0 Å². The fourth-order valence-corrected chi connectivity index (χ4v) is 1.23. The number of benzene rings is 1. The summed E-state index contributed by atoms with van der Waals surface area (Å²) in [5.74, 6) is -1.04. The van der Waals surface area contributed by atoms with E-state index >= 15 is 0 Å². The predicted octanol–water partition coefficient (Wildman–Crippen LogP) is 0.923. The van der Waals surface area contributed by atoms with Gasteiger partial charge in [-0.05, 0) is 24.6 Å². The number of nitrogen functional groups attached to an aromatic ring is 1. The van der Waals surface area contributed by atoms with Crippen LogP contribution >= 0.6 is 0 Å². The van der Waals surface area contributed by atoms with Crippen molar-refractivity contribution >= 4 is 11.6 Å². The molecule has 1 aromatic carbocycles. The van der Waals surface area contributed by atoms with E-state index in [1.165, 1.54) is 17.1 Å². The van der Waals surface area contributed by atoms with E-state index in [4.69, 9.17) is 5.73 Å². The van der Waals surface area contributed by atoms with Crippen molar-refractivity contribution in [2.24, 2.45) is 0 Å². The van der Waals surface area contributed by atoms with Gasteiger partial charge in [0.05, 0.1) is 5.56 Å². The molecule has 0 bridgehead atoms. The van der Waals surface area contributed by atoms with Crippen LogP contribution in [0, 0.1) is 12.7 Å². The van der Waals surface area contributed by atoms with Crippen LogP contribution in [-0.4, -0.2) is 25.0 Å². The molecule has 0 aliphatic rings. The summed E-state index contributed by atoms with van der Waals surface area (Å²) in [7, 11) is 3.30. The van der Waals surface area contributed by atoms with Crippen molar-refractivity contribution < 1.29 is 9.18 Å². The summed E-state index contributed by atoms with van der Waals surface area (Å²) in [6.07, 6.45) is 0.